The van der Waals surface area contributed by atoms with Gasteiger partial charge in [-0.2, -0.15) is 0 Å². The third kappa shape index (κ3) is 6.84. The number of carbonyl (C=O) groups excluding carboxylic acids is 1. The average molecular weight is 302 g/mol. The summed E-state index contributed by atoms with van der Waals surface area (Å²) in [5, 5.41) is 2.90. The lowest BCUT2D eigenvalue weighted by molar-refractivity contribution is -0.122. The molecule has 2 nitrogen and oxygen atoms in total. The lowest BCUT2D eigenvalue weighted by Gasteiger charge is -2.19. The zero-order valence-electron chi connectivity index (χ0n) is 11.4. The van der Waals surface area contributed by atoms with Gasteiger partial charge >= 0.3 is 0 Å². The Hall–Kier alpha value is -0.730. The van der Waals surface area contributed by atoms with Gasteiger partial charge in [-0.05, 0) is 23.8 Å². The summed E-state index contributed by atoms with van der Waals surface area (Å²) in [5.74, 6) is 0.492. The first kappa shape index (κ1) is 16.3. The molecule has 0 fully saturated rings. The van der Waals surface area contributed by atoms with Crippen LogP contribution in [0.2, 0.25) is 0 Å². The Morgan fingerprint density at radius 1 is 1.21 bits per heavy atom. The second kappa shape index (κ2) is 8.44. The van der Waals surface area contributed by atoms with Crippen LogP contribution in [0.5, 0.6) is 0 Å². The van der Waals surface area contributed by atoms with Crippen molar-refractivity contribution in [1.82, 2.24) is 5.32 Å². The summed E-state index contributed by atoms with van der Waals surface area (Å²) < 4.78 is 0. The summed E-state index contributed by atoms with van der Waals surface area (Å²) >= 11 is 11.9. The number of hydrogen-bond donors (Lipinski definition) is 1. The summed E-state index contributed by atoms with van der Waals surface area (Å²) in [6, 6.07) is 9.83. The SMILES string of the molecule is CC(C)CC(CC(=O)NCc1ccccc1)C(Cl)Cl. The molecule has 0 saturated carbocycles. The molecule has 106 valence electrons. The van der Waals surface area contributed by atoms with Gasteiger partial charge in [-0.25, -0.2) is 0 Å². The van der Waals surface area contributed by atoms with Crippen molar-refractivity contribution in [2.75, 3.05) is 0 Å². The van der Waals surface area contributed by atoms with Crippen molar-refractivity contribution in [3.8, 4) is 0 Å². The van der Waals surface area contributed by atoms with Crippen molar-refractivity contribution >= 4 is 29.1 Å². The molecular weight excluding hydrogens is 281 g/mol. The molecule has 0 bridgehead atoms. The van der Waals surface area contributed by atoms with E-state index in [1.54, 1.807) is 0 Å². The number of hydrogen-bond acceptors (Lipinski definition) is 1. The van der Waals surface area contributed by atoms with Crippen LogP contribution in [0, 0.1) is 11.8 Å². The summed E-state index contributed by atoms with van der Waals surface area (Å²) in [7, 11) is 0. The van der Waals surface area contributed by atoms with Crippen molar-refractivity contribution in [3.05, 3.63) is 35.9 Å². The van der Waals surface area contributed by atoms with Crippen molar-refractivity contribution in [2.24, 2.45) is 11.8 Å². The van der Waals surface area contributed by atoms with Crippen LogP contribution in [0.4, 0.5) is 0 Å². The molecule has 1 aromatic rings. The van der Waals surface area contributed by atoms with Gasteiger partial charge in [-0.1, -0.05) is 44.2 Å². The molecular formula is C15H21Cl2NO. The van der Waals surface area contributed by atoms with E-state index >= 15 is 0 Å². The Balaban J connectivity index is 2.40. The first-order valence-electron chi connectivity index (χ1n) is 6.57. The maximum atomic E-state index is 11.9. The van der Waals surface area contributed by atoms with Gasteiger partial charge < -0.3 is 5.32 Å². The Labute approximate surface area is 125 Å². The summed E-state index contributed by atoms with van der Waals surface area (Å²) in [5.41, 5.74) is 1.09. The van der Waals surface area contributed by atoms with Gasteiger partial charge in [0, 0.05) is 13.0 Å². The quantitative estimate of drug-likeness (QED) is 0.753. The fraction of sp³-hybridized carbons (Fsp3) is 0.533. The number of nitrogens with one attached hydrogen (secondary N) is 1. The number of carbonyl (C=O) groups is 1. The molecule has 1 rings (SSSR count). The number of rotatable bonds is 7. The first-order valence-corrected chi connectivity index (χ1v) is 7.45. The molecule has 0 aliphatic carbocycles. The minimum absolute atomic E-state index is 0.000744. The summed E-state index contributed by atoms with van der Waals surface area (Å²) in [4.78, 5) is 11.4. The van der Waals surface area contributed by atoms with Crippen LogP contribution in [-0.2, 0) is 11.3 Å². The number of halogens is 2. The molecule has 1 N–H and O–H groups in total. The van der Waals surface area contributed by atoms with Gasteiger partial charge in [0.05, 0.1) is 0 Å². The molecule has 4 heteroatoms. The van der Waals surface area contributed by atoms with Gasteiger partial charge in [-0.15, -0.1) is 23.2 Å². The van der Waals surface area contributed by atoms with E-state index in [-0.39, 0.29) is 11.8 Å². The lowest BCUT2D eigenvalue weighted by atomic mass is 9.95. The molecule has 1 aromatic carbocycles. The maximum Gasteiger partial charge on any atom is 0.220 e. The molecule has 0 radical (unpaired) electrons. The van der Waals surface area contributed by atoms with Gasteiger partial charge in [0.25, 0.3) is 0 Å². The van der Waals surface area contributed by atoms with Crippen LogP contribution in [-0.4, -0.2) is 10.7 Å². The van der Waals surface area contributed by atoms with E-state index in [9.17, 15) is 4.79 Å². The van der Waals surface area contributed by atoms with Crippen LogP contribution in [0.15, 0.2) is 30.3 Å². The maximum absolute atomic E-state index is 11.9. The highest BCUT2D eigenvalue weighted by Crippen LogP contribution is 2.25. The second-order valence-electron chi connectivity index (χ2n) is 5.19. The van der Waals surface area contributed by atoms with Crippen LogP contribution in [0.1, 0.15) is 32.3 Å². The highest BCUT2D eigenvalue weighted by atomic mass is 35.5. The minimum Gasteiger partial charge on any atom is -0.352 e. The fourth-order valence-corrected chi connectivity index (χ4v) is 2.37. The van der Waals surface area contributed by atoms with Crippen LogP contribution >= 0.6 is 23.2 Å². The van der Waals surface area contributed by atoms with Crippen LogP contribution in [0.25, 0.3) is 0 Å². The van der Waals surface area contributed by atoms with E-state index in [4.69, 9.17) is 23.2 Å². The monoisotopic (exact) mass is 301 g/mol. The molecule has 0 heterocycles. The van der Waals surface area contributed by atoms with Crippen molar-refractivity contribution < 1.29 is 4.79 Å². The Bertz CT molecular complexity index is 379. The van der Waals surface area contributed by atoms with Gasteiger partial charge in [0.2, 0.25) is 5.91 Å². The van der Waals surface area contributed by atoms with Gasteiger partial charge in [-0.3, -0.25) is 4.79 Å². The molecule has 0 aliphatic rings. The van der Waals surface area contributed by atoms with Crippen molar-refractivity contribution in [1.29, 1.82) is 0 Å². The van der Waals surface area contributed by atoms with Gasteiger partial charge in [0.15, 0.2) is 0 Å². The number of benzene rings is 1. The van der Waals surface area contributed by atoms with Crippen molar-refractivity contribution in [3.63, 3.8) is 0 Å². The molecule has 1 unspecified atom stereocenters. The minimum atomic E-state index is -0.495. The van der Waals surface area contributed by atoms with E-state index in [2.05, 4.69) is 19.2 Å². The Morgan fingerprint density at radius 3 is 2.37 bits per heavy atom. The molecule has 0 aliphatic heterocycles. The molecule has 0 spiro atoms. The standard InChI is InChI=1S/C15H21Cl2NO/c1-11(2)8-13(15(16)17)9-14(19)18-10-12-6-4-3-5-7-12/h3-7,11,13,15H,8-10H2,1-2H3,(H,18,19). The number of amides is 1. The molecule has 1 amide bonds. The summed E-state index contributed by atoms with van der Waals surface area (Å²) in [6.07, 6.45) is 1.24. The zero-order chi connectivity index (χ0) is 14.3. The highest BCUT2D eigenvalue weighted by Gasteiger charge is 2.21. The zero-order valence-corrected chi connectivity index (χ0v) is 12.9. The topological polar surface area (TPSA) is 29.1 Å². The highest BCUT2D eigenvalue weighted by molar-refractivity contribution is 6.44. The number of alkyl halides is 2. The van der Waals surface area contributed by atoms with Gasteiger partial charge in [0.1, 0.15) is 4.84 Å². The third-order valence-electron chi connectivity index (χ3n) is 2.91. The summed E-state index contributed by atoms with van der Waals surface area (Å²) in [6.45, 7) is 4.75. The molecule has 0 aromatic heterocycles. The predicted octanol–water partition coefficient (Wildman–Crippen LogP) is 4.16. The second-order valence-corrected chi connectivity index (χ2v) is 6.35. The lowest BCUT2D eigenvalue weighted by Crippen LogP contribution is -2.27. The average Bonchev–Trinajstić information content (AvgIpc) is 2.36. The molecule has 1 atom stereocenters. The predicted molar refractivity (Wildman–Crippen MR) is 81.3 cm³/mol. The largest absolute Gasteiger partial charge is 0.352 e. The van der Waals surface area contributed by atoms with E-state index in [0.29, 0.717) is 18.9 Å². The van der Waals surface area contributed by atoms with Crippen LogP contribution in [0.3, 0.4) is 0 Å². The van der Waals surface area contributed by atoms with E-state index in [1.165, 1.54) is 0 Å². The third-order valence-corrected chi connectivity index (χ3v) is 3.62. The van der Waals surface area contributed by atoms with E-state index in [1.807, 2.05) is 30.3 Å². The first-order chi connectivity index (χ1) is 8.99. The Morgan fingerprint density at radius 2 is 1.84 bits per heavy atom. The van der Waals surface area contributed by atoms with E-state index < -0.39 is 4.84 Å². The molecule has 19 heavy (non-hydrogen) atoms. The molecule has 0 saturated heterocycles. The smallest absolute Gasteiger partial charge is 0.220 e. The van der Waals surface area contributed by atoms with E-state index in [0.717, 1.165) is 12.0 Å². The van der Waals surface area contributed by atoms with Crippen molar-refractivity contribution in [2.45, 2.75) is 38.1 Å². The fourth-order valence-electron chi connectivity index (χ4n) is 1.99. The van der Waals surface area contributed by atoms with Crippen LogP contribution < -0.4 is 5.32 Å². The Kier molecular flexibility index (Phi) is 7.25. The normalized spacial score (nSPS) is 12.7.